The summed E-state index contributed by atoms with van der Waals surface area (Å²) in [6.45, 7) is 2.34. The Kier molecular flexibility index (Phi) is 9.80. The van der Waals surface area contributed by atoms with Crippen LogP contribution in [0.3, 0.4) is 0 Å². The molecule has 0 saturated heterocycles. The van der Waals surface area contributed by atoms with E-state index in [9.17, 15) is 18.0 Å². The van der Waals surface area contributed by atoms with Crippen LogP contribution < -0.4 is 5.32 Å². The Hall–Kier alpha value is -1.31. The van der Waals surface area contributed by atoms with Crippen LogP contribution in [0.25, 0.3) is 0 Å². The van der Waals surface area contributed by atoms with E-state index in [1.54, 1.807) is 6.07 Å². The zero-order chi connectivity index (χ0) is 17.2. The van der Waals surface area contributed by atoms with Crippen molar-refractivity contribution in [3.8, 4) is 0 Å². The van der Waals surface area contributed by atoms with E-state index >= 15 is 0 Å². The van der Waals surface area contributed by atoms with Crippen molar-refractivity contribution < 1.29 is 28.2 Å². The lowest BCUT2D eigenvalue weighted by Gasteiger charge is -2.14. The highest BCUT2D eigenvalue weighted by atomic mass is 35.5. The number of benzene rings is 1. The molecule has 1 rings (SSSR count). The molecule has 0 bridgehead atoms. The van der Waals surface area contributed by atoms with Gasteiger partial charge in [0.1, 0.15) is 5.88 Å². The molecule has 3 N–H and O–H groups in total. The summed E-state index contributed by atoms with van der Waals surface area (Å²) >= 11 is 4.74. The van der Waals surface area contributed by atoms with Crippen molar-refractivity contribution in [2.24, 2.45) is 0 Å². The quantitative estimate of drug-likeness (QED) is 0.695. The number of hydrogen-bond donors (Lipinski definition) is 3. The summed E-state index contributed by atoms with van der Waals surface area (Å²) in [6.07, 6.45) is -3.79. The third-order valence-corrected chi connectivity index (χ3v) is 2.74. The molecule has 1 aromatic rings. The highest BCUT2D eigenvalue weighted by molar-refractivity contribution is 6.26. The van der Waals surface area contributed by atoms with Crippen molar-refractivity contribution in [2.75, 3.05) is 19.0 Å². The molecule has 4 nitrogen and oxygen atoms in total. The van der Waals surface area contributed by atoms with Crippen LogP contribution in [-0.4, -0.2) is 41.3 Å². The summed E-state index contributed by atoms with van der Waals surface area (Å²) < 4.78 is 37.4. The number of hydrogen-bond acceptors (Lipinski definition) is 3. The summed E-state index contributed by atoms with van der Waals surface area (Å²) in [4.78, 5) is 9.24. The fourth-order valence-corrected chi connectivity index (χ4v) is 1.61. The van der Waals surface area contributed by atoms with Gasteiger partial charge in [-0.25, -0.2) is 0 Å². The average molecular weight is 342 g/mol. The summed E-state index contributed by atoms with van der Waals surface area (Å²) in [5.74, 6) is -1.29. The van der Waals surface area contributed by atoms with Gasteiger partial charge in [-0.3, -0.25) is 4.79 Å². The van der Waals surface area contributed by atoms with Crippen molar-refractivity contribution in [1.82, 2.24) is 5.32 Å². The average Bonchev–Trinajstić information content (AvgIpc) is 2.45. The van der Waals surface area contributed by atoms with E-state index in [1.165, 1.54) is 6.07 Å². The molecule has 0 fully saturated rings. The van der Waals surface area contributed by atoms with Crippen LogP contribution in [0.5, 0.6) is 0 Å². The minimum atomic E-state index is -4.29. The van der Waals surface area contributed by atoms with Crippen molar-refractivity contribution in [1.29, 1.82) is 0 Å². The van der Waals surface area contributed by atoms with Crippen molar-refractivity contribution in [3.63, 3.8) is 0 Å². The molecule has 0 aromatic heterocycles. The first kappa shape index (κ1) is 20.7. The maximum absolute atomic E-state index is 12.5. The van der Waals surface area contributed by atoms with E-state index in [4.69, 9.17) is 21.8 Å². The second kappa shape index (κ2) is 10.4. The Morgan fingerprint density at radius 3 is 2.45 bits per heavy atom. The van der Waals surface area contributed by atoms with Gasteiger partial charge in [0.05, 0.1) is 12.2 Å². The summed E-state index contributed by atoms with van der Waals surface area (Å²) in [5.41, 5.74) is 0.0159. The summed E-state index contributed by atoms with van der Waals surface area (Å²) in [6, 6.07) is 5.35. The maximum Gasteiger partial charge on any atom is 0.416 e. The van der Waals surface area contributed by atoms with Crippen LogP contribution in [-0.2, 0) is 17.4 Å². The number of nitrogens with one attached hydrogen (secondary N) is 1. The molecule has 22 heavy (non-hydrogen) atoms. The molecule has 0 amide bonds. The van der Waals surface area contributed by atoms with Crippen LogP contribution in [0.2, 0.25) is 0 Å². The maximum atomic E-state index is 12.5. The van der Waals surface area contributed by atoms with Gasteiger partial charge in [-0.2, -0.15) is 13.2 Å². The van der Waals surface area contributed by atoms with E-state index in [0.29, 0.717) is 18.5 Å². The summed E-state index contributed by atoms with van der Waals surface area (Å²) in [7, 11) is 0. The van der Waals surface area contributed by atoms with Crippen LogP contribution in [0.1, 0.15) is 18.1 Å². The van der Waals surface area contributed by atoms with Crippen LogP contribution in [0, 0.1) is 0 Å². The lowest BCUT2D eigenvalue weighted by molar-refractivity contribution is -0.137. The van der Waals surface area contributed by atoms with Gasteiger partial charge >= 0.3 is 12.1 Å². The second-order valence-corrected chi connectivity index (χ2v) is 4.78. The predicted molar refractivity (Wildman–Crippen MR) is 78.1 cm³/mol. The Labute approximate surface area is 131 Å². The Bertz CT molecular complexity index is 455. The SMILES string of the molecule is CC(Cc1cccc(C(F)(F)F)c1)NCCO.O=C(O)CCl. The van der Waals surface area contributed by atoms with Gasteiger partial charge in [-0.05, 0) is 25.0 Å². The number of alkyl halides is 4. The molecule has 0 aliphatic heterocycles. The van der Waals surface area contributed by atoms with E-state index in [2.05, 4.69) is 5.32 Å². The second-order valence-electron chi connectivity index (χ2n) is 4.51. The van der Waals surface area contributed by atoms with Crippen molar-refractivity contribution in [2.45, 2.75) is 25.6 Å². The molecule has 0 saturated carbocycles. The first-order chi connectivity index (χ1) is 10.2. The van der Waals surface area contributed by atoms with E-state index in [1.807, 2.05) is 6.92 Å². The molecule has 126 valence electrons. The molecule has 8 heteroatoms. The van der Waals surface area contributed by atoms with Gasteiger partial charge in [-0.15, -0.1) is 11.6 Å². The lowest BCUT2D eigenvalue weighted by Crippen LogP contribution is -2.30. The number of carbonyl (C=O) groups is 1. The van der Waals surface area contributed by atoms with Crippen LogP contribution in [0.4, 0.5) is 13.2 Å². The molecule has 0 aliphatic carbocycles. The van der Waals surface area contributed by atoms with Gasteiger partial charge in [0.2, 0.25) is 0 Å². The van der Waals surface area contributed by atoms with Gasteiger partial charge in [0, 0.05) is 12.6 Å². The number of halogens is 4. The van der Waals surface area contributed by atoms with E-state index < -0.39 is 17.7 Å². The molecule has 1 atom stereocenters. The number of aliphatic hydroxyl groups is 1. The largest absolute Gasteiger partial charge is 0.480 e. The number of aliphatic hydroxyl groups excluding tert-OH is 1. The first-order valence-electron chi connectivity index (χ1n) is 6.48. The van der Waals surface area contributed by atoms with Crippen LogP contribution in [0.15, 0.2) is 24.3 Å². The fraction of sp³-hybridized carbons (Fsp3) is 0.500. The lowest BCUT2D eigenvalue weighted by atomic mass is 10.0. The first-order valence-corrected chi connectivity index (χ1v) is 7.02. The Morgan fingerprint density at radius 1 is 1.41 bits per heavy atom. The van der Waals surface area contributed by atoms with E-state index in [0.717, 1.165) is 12.1 Å². The minimum absolute atomic E-state index is 0.0208. The molecule has 0 spiro atoms. The number of aliphatic carboxylic acids is 1. The topological polar surface area (TPSA) is 69.6 Å². The normalized spacial score (nSPS) is 12.3. The summed E-state index contributed by atoms with van der Waals surface area (Å²) in [5, 5.41) is 19.2. The fourth-order valence-electron chi connectivity index (χ4n) is 1.61. The smallest absolute Gasteiger partial charge is 0.416 e. The van der Waals surface area contributed by atoms with Gasteiger partial charge < -0.3 is 15.5 Å². The Balaban J connectivity index is 0.000000763. The van der Waals surface area contributed by atoms with E-state index in [-0.39, 0.29) is 18.5 Å². The minimum Gasteiger partial charge on any atom is -0.480 e. The van der Waals surface area contributed by atoms with Gasteiger partial charge in [0.25, 0.3) is 0 Å². The predicted octanol–water partition coefficient (Wildman–Crippen LogP) is 2.53. The molecule has 0 radical (unpaired) electrons. The molecular formula is C14H19ClF3NO3. The zero-order valence-corrected chi connectivity index (χ0v) is 12.8. The number of rotatable bonds is 6. The highest BCUT2D eigenvalue weighted by Gasteiger charge is 2.30. The molecule has 0 heterocycles. The molecule has 1 unspecified atom stereocenters. The Morgan fingerprint density at radius 2 is 2.00 bits per heavy atom. The van der Waals surface area contributed by atoms with Crippen LogP contribution >= 0.6 is 11.6 Å². The van der Waals surface area contributed by atoms with Gasteiger partial charge in [0.15, 0.2) is 0 Å². The monoisotopic (exact) mass is 341 g/mol. The molecule has 0 aliphatic rings. The van der Waals surface area contributed by atoms with Crippen molar-refractivity contribution >= 4 is 17.6 Å². The molecular weight excluding hydrogens is 323 g/mol. The van der Waals surface area contributed by atoms with Gasteiger partial charge in [-0.1, -0.05) is 18.2 Å². The standard InChI is InChI=1S/C12H16F3NO.C2H3ClO2/c1-9(16-5-6-17)7-10-3-2-4-11(8-10)12(13,14)15;3-1-2(4)5/h2-4,8-9,16-17H,5-7H2,1H3;1H2,(H,4,5). The number of carboxylic acid groups (broad SMARTS) is 1. The zero-order valence-electron chi connectivity index (χ0n) is 12.0. The number of carboxylic acids is 1. The highest BCUT2D eigenvalue weighted by Crippen LogP contribution is 2.29. The third-order valence-electron chi connectivity index (χ3n) is 2.52. The third kappa shape index (κ3) is 9.59. The van der Waals surface area contributed by atoms with Crippen molar-refractivity contribution in [3.05, 3.63) is 35.4 Å². The molecule has 1 aromatic carbocycles.